The minimum Gasteiger partial charge on any atom is -0.392 e. The molecule has 2 aromatic rings. The Bertz CT molecular complexity index is 573. The number of thioether (sulfide) groups is 1. The molecule has 0 aromatic heterocycles. The highest BCUT2D eigenvalue weighted by atomic mass is 32.2. The van der Waals surface area contributed by atoms with Crippen LogP contribution < -0.4 is 0 Å². The summed E-state index contributed by atoms with van der Waals surface area (Å²) in [6.45, 7) is 5.52. The molecule has 0 saturated heterocycles. The number of aliphatic hydroxyl groups is 1. The van der Waals surface area contributed by atoms with Gasteiger partial charge in [-0.15, -0.1) is 11.8 Å². The van der Waals surface area contributed by atoms with Gasteiger partial charge in [-0.1, -0.05) is 62.4 Å². The average molecular weight is 345 g/mol. The first-order valence-corrected chi connectivity index (χ1v) is 9.60. The van der Waals surface area contributed by atoms with Gasteiger partial charge in [0.05, 0.1) is 12.7 Å². The quantitative estimate of drug-likeness (QED) is 0.477. The minimum atomic E-state index is -0.352. The van der Waals surface area contributed by atoms with E-state index in [4.69, 9.17) is 4.74 Å². The SMILES string of the molecule is CC[C@](C)(CSc1ccccc1)[C@H](O)CCOCc1ccccc1. The average Bonchev–Trinajstić information content (AvgIpc) is 2.64. The maximum atomic E-state index is 10.7. The Morgan fingerprint density at radius 2 is 1.67 bits per heavy atom. The number of aliphatic hydroxyl groups excluding tert-OH is 1. The molecule has 0 unspecified atom stereocenters. The van der Waals surface area contributed by atoms with Crippen LogP contribution in [0.2, 0.25) is 0 Å². The summed E-state index contributed by atoms with van der Waals surface area (Å²) in [6, 6.07) is 20.5. The summed E-state index contributed by atoms with van der Waals surface area (Å²) >= 11 is 1.82. The molecule has 0 radical (unpaired) electrons. The van der Waals surface area contributed by atoms with Crippen LogP contribution in [-0.2, 0) is 11.3 Å². The van der Waals surface area contributed by atoms with Gasteiger partial charge < -0.3 is 9.84 Å². The second-order valence-corrected chi connectivity index (χ2v) is 7.50. The number of benzene rings is 2. The van der Waals surface area contributed by atoms with Crippen molar-refractivity contribution in [3.63, 3.8) is 0 Å². The van der Waals surface area contributed by atoms with Gasteiger partial charge >= 0.3 is 0 Å². The molecule has 2 atom stereocenters. The minimum absolute atomic E-state index is 0.101. The zero-order valence-electron chi connectivity index (χ0n) is 14.7. The van der Waals surface area contributed by atoms with E-state index in [1.54, 1.807) is 0 Å². The zero-order valence-corrected chi connectivity index (χ0v) is 15.5. The third-order valence-electron chi connectivity index (χ3n) is 4.57. The fourth-order valence-corrected chi connectivity index (χ4v) is 3.75. The second-order valence-electron chi connectivity index (χ2n) is 6.45. The first-order chi connectivity index (χ1) is 11.6. The van der Waals surface area contributed by atoms with E-state index in [2.05, 4.69) is 50.2 Å². The van der Waals surface area contributed by atoms with Crippen LogP contribution in [0.15, 0.2) is 65.6 Å². The number of ether oxygens (including phenoxy) is 1. The Morgan fingerprint density at radius 3 is 2.29 bits per heavy atom. The van der Waals surface area contributed by atoms with E-state index < -0.39 is 0 Å². The summed E-state index contributed by atoms with van der Waals surface area (Å²) in [5, 5.41) is 10.7. The summed E-state index contributed by atoms with van der Waals surface area (Å²) in [5.74, 6) is 0.910. The second kappa shape index (κ2) is 9.87. The molecule has 0 bridgehead atoms. The van der Waals surface area contributed by atoms with Gasteiger partial charge in [-0.25, -0.2) is 0 Å². The highest BCUT2D eigenvalue weighted by Crippen LogP contribution is 2.35. The first kappa shape index (κ1) is 19.0. The predicted octanol–water partition coefficient (Wildman–Crippen LogP) is 5.16. The van der Waals surface area contributed by atoms with E-state index in [-0.39, 0.29) is 11.5 Å². The van der Waals surface area contributed by atoms with E-state index in [9.17, 15) is 5.11 Å². The maximum Gasteiger partial charge on any atom is 0.0716 e. The summed E-state index contributed by atoms with van der Waals surface area (Å²) in [4.78, 5) is 1.25. The van der Waals surface area contributed by atoms with E-state index in [1.807, 2.05) is 36.0 Å². The Balaban J connectivity index is 1.76. The van der Waals surface area contributed by atoms with Crippen molar-refractivity contribution in [2.24, 2.45) is 5.41 Å². The van der Waals surface area contributed by atoms with Crippen LogP contribution in [0.3, 0.4) is 0 Å². The van der Waals surface area contributed by atoms with Gasteiger partial charge in [-0.2, -0.15) is 0 Å². The van der Waals surface area contributed by atoms with Crippen molar-refractivity contribution in [2.75, 3.05) is 12.4 Å². The van der Waals surface area contributed by atoms with Gasteiger partial charge in [0, 0.05) is 22.7 Å². The van der Waals surface area contributed by atoms with Crippen molar-refractivity contribution in [3.05, 3.63) is 66.2 Å². The molecule has 0 fully saturated rings. The molecule has 0 aliphatic carbocycles. The summed E-state index contributed by atoms with van der Waals surface area (Å²) in [7, 11) is 0. The van der Waals surface area contributed by atoms with E-state index in [1.165, 1.54) is 10.5 Å². The molecule has 2 aromatic carbocycles. The third-order valence-corrected chi connectivity index (χ3v) is 5.98. The summed E-state index contributed by atoms with van der Waals surface area (Å²) < 4.78 is 5.73. The maximum absolute atomic E-state index is 10.7. The lowest BCUT2D eigenvalue weighted by atomic mass is 9.82. The van der Waals surface area contributed by atoms with Gasteiger partial charge in [-0.3, -0.25) is 0 Å². The molecule has 2 rings (SSSR count). The van der Waals surface area contributed by atoms with Gasteiger partial charge in [0.15, 0.2) is 0 Å². The Labute approximate surface area is 150 Å². The smallest absolute Gasteiger partial charge is 0.0716 e. The molecule has 0 aliphatic heterocycles. The Morgan fingerprint density at radius 1 is 1.04 bits per heavy atom. The highest BCUT2D eigenvalue weighted by Gasteiger charge is 2.31. The molecule has 0 amide bonds. The Hall–Kier alpha value is -1.29. The van der Waals surface area contributed by atoms with Crippen molar-refractivity contribution in [2.45, 2.75) is 44.3 Å². The lowest BCUT2D eigenvalue weighted by Gasteiger charge is -2.33. The number of hydrogen-bond donors (Lipinski definition) is 1. The molecular formula is C21H28O2S. The largest absolute Gasteiger partial charge is 0.392 e. The van der Waals surface area contributed by atoms with Gasteiger partial charge in [0.25, 0.3) is 0 Å². The third kappa shape index (κ3) is 5.97. The fraction of sp³-hybridized carbons (Fsp3) is 0.429. The van der Waals surface area contributed by atoms with Crippen molar-refractivity contribution in [3.8, 4) is 0 Å². The molecule has 0 spiro atoms. The van der Waals surface area contributed by atoms with Gasteiger partial charge in [0.2, 0.25) is 0 Å². The first-order valence-electron chi connectivity index (χ1n) is 8.61. The van der Waals surface area contributed by atoms with E-state index in [0.29, 0.717) is 19.6 Å². The van der Waals surface area contributed by atoms with Crippen LogP contribution in [0, 0.1) is 5.41 Å². The predicted molar refractivity (Wildman–Crippen MR) is 102 cm³/mol. The monoisotopic (exact) mass is 344 g/mol. The van der Waals surface area contributed by atoms with Crippen LogP contribution >= 0.6 is 11.8 Å². The summed E-state index contributed by atoms with van der Waals surface area (Å²) in [5.41, 5.74) is 1.07. The molecule has 3 heteroatoms. The van der Waals surface area contributed by atoms with Crippen molar-refractivity contribution in [1.82, 2.24) is 0 Å². The van der Waals surface area contributed by atoms with Crippen molar-refractivity contribution >= 4 is 11.8 Å². The summed E-state index contributed by atoms with van der Waals surface area (Å²) in [6.07, 6.45) is 1.27. The van der Waals surface area contributed by atoms with Crippen molar-refractivity contribution in [1.29, 1.82) is 0 Å². The molecule has 24 heavy (non-hydrogen) atoms. The molecule has 130 valence electrons. The normalized spacial score (nSPS) is 15.0. The van der Waals surface area contributed by atoms with Gasteiger partial charge in [0.1, 0.15) is 0 Å². The van der Waals surface area contributed by atoms with Gasteiger partial charge in [-0.05, 0) is 30.5 Å². The topological polar surface area (TPSA) is 29.5 Å². The number of hydrogen-bond acceptors (Lipinski definition) is 3. The zero-order chi connectivity index (χ0) is 17.3. The van der Waals surface area contributed by atoms with Crippen molar-refractivity contribution < 1.29 is 9.84 Å². The lowest BCUT2D eigenvalue weighted by Crippen LogP contribution is -2.35. The standard InChI is InChI=1S/C21H28O2S/c1-3-21(2,17-24-19-12-8-5-9-13-19)20(22)14-15-23-16-18-10-6-4-7-11-18/h4-13,20,22H,3,14-17H2,1-2H3/t20-,21-/m1/s1. The molecule has 2 nitrogen and oxygen atoms in total. The fourth-order valence-electron chi connectivity index (χ4n) is 2.51. The molecular weight excluding hydrogens is 316 g/mol. The van der Waals surface area contributed by atoms with Crippen LogP contribution in [0.1, 0.15) is 32.3 Å². The Kier molecular flexibility index (Phi) is 7.83. The van der Waals surface area contributed by atoms with Crippen LogP contribution in [-0.4, -0.2) is 23.6 Å². The van der Waals surface area contributed by atoms with E-state index in [0.717, 1.165) is 12.2 Å². The molecule has 0 aliphatic rings. The highest BCUT2D eigenvalue weighted by molar-refractivity contribution is 7.99. The lowest BCUT2D eigenvalue weighted by molar-refractivity contribution is 0.0110. The molecule has 0 saturated carbocycles. The number of rotatable bonds is 10. The van der Waals surface area contributed by atoms with Crippen LogP contribution in [0.5, 0.6) is 0 Å². The molecule has 0 heterocycles. The molecule has 1 N–H and O–H groups in total. The van der Waals surface area contributed by atoms with Crippen LogP contribution in [0.25, 0.3) is 0 Å². The van der Waals surface area contributed by atoms with E-state index >= 15 is 0 Å². The van der Waals surface area contributed by atoms with Crippen LogP contribution in [0.4, 0.5) is 0 Å².